The fourth-order valence-electron chi connectivity index (χ4n) is 3.03. The SMILES string of the molecule is C=CC(=O)OC(C)C(C)C(F)(F)C(F)(F)C(F)(F)C(F)(F)C(F)(F)C(F)(F)F.C=CC(=O)OC(C)C(F)(F)C(F)(F)C(F)(F)C(F)(F)C(F)(F)C(F)(F)F. The Hall–Kier alpha value is -3.40. The summed E-state index contributed by atoms with van der Waals surface area (Å²) in [6.07, 6.45) is -20.6. The van der Waals surface area contributed by atoms with Gasteiger partial charge in [-0.2, -0.15) is 114 Å². The van der Waals surface area contributed by atoms with E-state index in [4.69, 9.17) is 0 Å². The van der Waals surface area contributed by atoms with Gasteiger partial charge in [-0.25, -0.2) is 9.59 Å². The molecule has 0 fully saturated rings. The van der Waals surface area contributed by atoms with Crippen LogP contribution in [-0.2, 0) is 19.1 Å². The molecule has 0 aromatic carbocycles. The molecule has 0 saturated carbocycles. The van der Waals surface area contributed by atoms with E-state index in [1.54, 1.807) is 0 Å². The molecule has 30 heteroatoms. The predicted molar refractivity (Wildman–Crippen MR) is 122 cm³/mol. The average Bonchev–Trinajstić information content (AvgIpc) is 2.98. The number of hydrogen-bond donors (Lipinski definition) is 0. The zero-order chi connectivity index (χ0) is 44.7. The molecule has 0 heterocycles. The smallest absolute Gasteiger partial charge is 0.459 e. The van der Waals surface area contributed by atoms with Crippen molar-refractivity contribution in [2.45, 2.75) is 105 Å². The zero-order valence-corrected chi connectivity index (χ0v) is 25.8. The van der Waals surface area contributed by atoms with E-state index in [9.17, 15) is 124 Å². The summed E-state index contributed by atoms with van der Waals surface area (Å²) < 4.78 is 343. The number of esters is 2. The minimum atomic E-state index is -7.99. The van der Waals surface area contributed by atoms with Crippen molar-refractivity contribution in [3.8, 4) is 0 Å². The van der Waals surface area contributed by atoms with E-state index in [0.29, 0.717) is 13.0 Å². The molecule has 4 nitrogen and oxygen atoms in total. The molecule has 54 heavy (non-hydrogen) atoms. The quantitative estimate of drug-likeness (QED) is 0.0935. The van der Waals surface area contributed by atoms with E-state index in [0.717, 1.165) is 0 Å². The number of carbonyl (C=O) groups excluding carboxylic acids is 2. The minimum absolute atomic E-state index is 0.00886. The van der Waals surface area contributed by atoms with Gasteiger partial charge < -0.3 is 9.47 Å². The second-order valence-electron chi connectivity index (χ2n) is 10.3. The summed E-state index contributed by atoms with van der Waals surface area (Å²) >= 11 is 0. The Morgan fingerprint density at radius 2 is 0.648 bits per heavy atom. The molecule has 0 N–H and O–H groups in total. The Kier molecular flexibility index (Phi) is 14.9. The molecular formula is C24H18F26O4. The van der Waals surface area contributed by atoms with Crippen LogP contribution >= 0.6 is 0 Å². The number of ether oxygens (including phenoxy) is 2. The molecule has 0 bridgehead atoms. The van der Waals surface area contributed by atoms with Gasteiger partial charge in [0.15, 0.2) is 6.10 Å². The van der Waals surface area contributed by atoms with Gasteiger partial charge in [0.2, 0.25) is 0 Å². The van der Waals surface area contributed by atoms with Crippen LogP contribution in [0.1, 0.15) is 20.8 Å². The fraction of sp³-hybridized carbons (Fsp3) is 0.750. The van der Waals surface area contributed by atoms with Crippen molar-refractivity contribution in [3.05, 3.63) is 25.3 Å². The maximum absolute atomic E-state index is 13.8. The van der Waals surface area contributed by atoms with Crippen molar-refractivity contribution in [2.24, 2.45) is 5.92 Å². The van der Waals surface area contributed by atoms with Crippen molar-refractivity contribution < 1.29 is 133 Å². The maximum Gasteiger partial charge on any atom is 0.460 e. The molecule has 0 aromatic heterocycles. The minimum Gasteiger partial charge on any atom is -0.459 e. The first-order valence-corrected chi connectivity index (χ1v) is 12.7. The van der Waals surface area contributed by atoms with E-state index in [2.05, 4.69) is 22.6 Å². The normalized spacial score (nSPS) is 16.7. The lowest BCUT2D eigenvalue weighted by Gasteiger charge is -2.42. The number of alkyl halides is 26. The first-order chi connectivity index (χ1) is 23.2. The second kappa shape index (κ2) is 15.3. The summed E-state index contributed by atoms with van der Waals surface area (Å²) in [6, 6.07) is 0. The van der Waals surface area contributed by atoms with E-state index in [1.165, 1.54) is 0 Å². The highest BCUT2D eigenvalue weighted by Gasteiger charge is 2.92. The van der Waals surface area contributed by atoms with E-state index in [-0.39, 0.29) is 19.9 Å². The number of carbonyl (C=O) groups is 2. The lowest BCUT2D eigenvalue weighted by Crippen LogP contribution is -2.71. The van der Waals surface area contributed by atoms with Crippen molar-refractivity contribution in [1.29, 1.82) is 0 Å². The van der Waals surface area contributed by atoms with Crippen LogP contribution in [0.3, 0.4) is 0 Å². The molecular weight excluding hydrogens is 846 g/mol. The van der Waals surface area contributed by atoms with Gasteiger partial charge in [0, 0.05) is 12.2 Å². The molecule has 0 rings (SSSR count). The van der Waals surface area contributed by atoms with Gasteiger partial charge in [-0.3, -0.25) is 0 Å². The van der Waals surface area contributed by atoms with Crippen LogP contribution in [-0.4, -0.2) is 95.7 Å². The summed E-state index contributed by atoms with van der Waals surface area (Å²) in [4.78, 5) is 21.4. The van der Waals surface area contributed by atoms with Gasteiger partial charge in [-0.1, -0.05) is 20.1 Å². The first-order valence-electron chi connectivity index (χ1n) is 12.7. The van der Waals surface area contributed by atoms with Crippen LogP contribution < -0.4 is 0 Å². The second-order valence-corrected chi connectivity index (χ2v) is 10.3. The fourth-order valence-corrected chi connectivity index (χ4v) is 3.03. The highest BCUT2D eigenvalue weighted by atomic mass is 19.4. The van der Waals surface area contributed by atoms with Crippen molar-refractivity contribution in [3.63, 3.8) is 0 Å². The van der Waals surface area contributed by atoms with Crippen LogP contribution in [0.5, 0.6) is 0 Å². The molecule has 0 amide bonds. The highest BCUT2D eigenvalue weighted by Crippen LogP contribution is 2.63. The Bertz CT molecular complexity index is 1340. The Morgan fingerprint density at radius 3 is 0.907 bits per heavy atom. The number of rotatable bonds is 15. The van der Waals surface area contributed by atoms with Gasteiger partial charge >= 0.3 is 83.5 Å². The van der Waals surface area contributed by atoms with Gasteiger partial charge in [0.05, 0.1) is 5.92 Å². The van der Waals surface area contributed by atoms with E-state index >= 15 is 0 Å². The third-order valence-electron chi connectivity index (χ3n) is 6.63. The Balaban J connectivity index is 0. The van der Waals surface area contributed by atoms with Gasteiger partial charge in [0.25, 0.3) is 0 Å². The summed E-state index contributed by atoms with van der Waals surface area (Å²) in [6.45, 7) is 5.59. The van der Waals surface area contributed by atoms with Crippen molar-refractivity contribution in [1.82, 2.24) is 0 Å². The molecule has 0 spiro atoms. The Labute approximate surface area is 282 Å². The molecule has 0 aliphatic carbocycles. The van der Waals surface area contributed by atoms with Gasteiger partial charge in [0.1, 0.15) is 6.10 Å². The maximum atomic E-state index is 13.8. The standard InChI is InChI=1S/C13H11F13O2.C11H7F13O2/c1-4-7(27)28-6(3)5(2)8(14,15)9(16,17)10(18,19)11(20,21)12(22,23)13(24,25)26;1-3-5(25)26-4(2)6(12,13)7(14,15)8(16,17)9(18,19)10(20,21)11(22,23)24/h4-6H,1H2,2-3H3;3-4H,1H2,2H3. The van der Waals surface area contributed by atoms with Crippen LogP contribution in [0.4, 0.5) is 114 Å². The summed E-state index contributed by atoms with van der Waals surface area (Å²) in [7, 11) is 0. The third-order valence-corrected chi connectivity index (χ3v) is 6.63. The van der Waals surface area contributed by atoms with Crippen molar-refractivity contribution in [2.75, 3.05) is 0 Å². The molecule has 320 valence electrons. The summed E-state index contributed by atoms with van der Waals surface area (Å²) in [5.41, 5.74) is 0. The molecule has 3 unspecified atom stereocenters. The topological polar surface area (TPSA) is 52.6 Å². The van der Waals surface area contributed by atoms with Gasteiger partial charge in [-0.15, -0.1) is 0 Å². The lowest BCUT2D eigenvalue weighted by molar-refractivity contribution is -0.443. The lowest BCUT2D eigenvalue weighted by atomic mass is 9.86. The van der Waals surface area contributed by atoms with E-state index < -0.39 is 102 Å². The van der Waals surface area contributed by atoms with Crippen LogP contribution in [0.15, 0.2) is 25.3 Å². The zero-order valence-electron chi connectivity index (χ0n) is 25.8. The predicted octanol–water partition coefficient (Wildman–Crippen LogP) is 10.3. The average molecular weight is 864 g/mol. The van der Waals surface area contributed by atoms with Crippen molar-refractivity contribution >= 4 is 11.9 Å². The summed E-state index contributed by atoms with van der Waals surface area (Å²) in [5.74, 6) is -81.8. The van der Waals surface area contributed by atoms with Crippen LogP contribution in [0.25, 0.3) is 0 Å². The largest absolute Gasteiger partial charge is 0.460 e. The highest BCUT2D eigenvalue weighted by molar-refractivity contribution is 5.81. The molecule has 0 aliphatic rings. The van der Waals surface area contributed by atoms with Gasteiger partial charge in [-0.05, 0) is 13.8 Å². The molecule has 0 saturated heterocycles. The number of hydrogen-bond acceptors (Lipinski definition) is 4. The third kappa shape index (κ3) is 8.38. The van der Waals surface area contributed by atoms with E-state index in [1.807, 2.05) is 0 Å². The molecule has 0 aliphatic heterocycles. The number of halogens is 26. The molecule has 3 atom stereocenters. The molecule has 0 radical (unpaired) electrons. The molecule has 0 aromatic rings. The van der Waals surface area contributed by atoms with Crippen LogP contribution in [0.2, 0.25) is 0 Å². The first kappa shape index (κ1) is 52.7. The monoisotopic (exact) mass is 864 g/mol. The Morgan fingerprint density at radius 1 is 0.407 bits per heavy atom. The van der Waals surface area contributed by atoms with Crippen LogP contribution in [0, 0.1) is 5.92 Å². The summed E-state index contributed by atoms with van der Waals surface area (Å²) in [5, 5.41) is 0.